The number of H-pyrrole nitrogens is 1. The number of para-hydroxylation sites is 1. The fraction of sp³-hybridized carbons (Fsp3) is 0.231. The summed E-state index contributed by atoms with van der Waals surface area (Å²) in [7, 11) is 8.53. The van der Waals surface area contributed by atoms with Gasteiger partial charge in [-0.05, 0) is 52.9 Å². The lowest BCUT2D eigenvalue weighted by Crippen LogP contribution is -2.16. The third kappa shape index (κ3) is 2.57. The van der Waals surface area contributed by atoms with E-state index in [1.807, 2.05) is 0 Å². The zero-order chi connectivity index (χ0) is 20.3. The van der Waals surface area contributed by atoms with Crippen LogP contribution < -0.4 is 9.80 Å². The van der Waals surface area contributed by atoms with Crippen molar-refractivity contribution in [1.82, 2.24) is 4.98 Å². The van der Waals surface area contributed by atoms with Crippen LogP contribution in [0.4, 0.5) is 11.4 Å². The molecule has 1 aromatic heterocycles. The van der Waals surface area contributed by atoms with Gasteiger partial charge in [0.15, 0.2) is 0 Å². The topological polar surface area (TPSA) is 22.3 Å². The predicted octanol–water partition coefficient (Wildman–Crippen LogP) is 5.77. The van der Waals surface area contributed by atoms with Gasteiger partial charge in [-0.1, -0.05) is 42.5 Å². The average molecular weight is 382 g/mol. The summed E-state index contributed by atoms with van der Waals surface area (Å²) < 4.78 is 0. The van der Waals surface area contributed by atoms with Crippen LogP contribution in [-0.4, -0.2) is 33.2 Å². The van der Waals surface area contributed by atoms with E-state index in [1.54, 1.807) is 0 Å². The van der Waals surface area contributed by atoms with E-state index in [1.165, 1.54) is 55.8 Å². The fourth-order valence-corrected chi connectivity index (χ4v) is 4.90. The number of aromatic amines is 1. The number of nitrogens with one attached hydrogen (secondary N) is 1. The molecule has 5 rings (SSSR count). The van der Waals surface area contributed by atoms with Crippen molar-refractivity contribution in [3.63, 3.8) is 0 Å². The van der Waals surface area contributed by atoms with Gasteiger partial charge >= 0.3 is 0 Å². The summed E-state index contributed by atoms with van der Waals surface area (Å²) in [5.41, 5.74) is 11.9. The van der Waals surface area contributed by atoms with Gasteiger partial charge in [0, 0.05) is 62.1 Å². The second-order valence-corrected chi connectivity index (χ2v) is 8.44. The molecular weight excluding hydrogens is 354 g/mol. The number of rotatable bonds is 3. The van der Waals surface area contributed by atoms with Crippen LogP contribution in [0.3, 0.4) is 0 Å². The van der Waals surface area contributed by atoms with Crippen molar-refractivity contribution >= 4 is 22.3 Å². The van der Waals surface area contributed by atoms with E-state index in [4.69, 9.17) is 0 Å². The molecule has 4 aromatic rings. The molecule has 1 aliphatic carbocycles. The lowest BCUT2D eigenvalue weighted by molar-refractivity contribution is 0.980. The van der Waals surface area contributed by atoms with Gasteiger partial charge in [0.2, 0.25) is 0 Å². The number of fused-ring (bicyclic) bond motifs is 4. The Morgan fingerprint density at radius 3 is 2.24 bits per heavy atom. The lowest BCUT2D eigenvalue weighted by atomic mass is 9.86. The molecule has 29 heavy (non-hydrogen) atoms. The first-order valence-electron chi connectivity index (χ1n) is 10.2. The number of aromatic nitrogens is 1. The molecular formula is C26H27N3. The molecule has 1 unspecified atom stereocenters. The average Bonchev–Trinajstić information content (AvgIpc) is 3.20. The lowest BCUT2D eigenvalue weighted by Gasteiger charge is -2.25. The minimum absolute atomic E-state index is 0.228. The highest BCUT2D eigenvalue weighted by atomic mass is 15.1. The largest absolute Gasteiger partial charge is 0.378 e. The van der Waals surface area contributed by atoms with Gasteiger partial charge in [-0.2, -0.15) is 0 Å². The van der Waals surface area contributed by atoms with Gasteiger partial charge in [-0.25, -0.2) is 0 Å². The smallest absolute Gasteiger partial charge is 0.0459 e. The predicted molar refractivity (Wildman–Crippen MR) is 125 cm³/mol. The van der Waals surface area contributed by atoms with Gasteiger partial charge < -0.3 is 14.8 Å². The first-order valence-corrected chi connectivity index (χ1v) is 10.2. The van der Waals surface area contributed by atoms with Crippen molar-refractivity contribution in [2.75, 3.05) is 38.0 Å². The maximum absolute atomic E-state index is 3.62. The third-order valence-electron chi connectivity index (χ3n) is 6.22. The fourth-order valence-electron chi connectivity index (χ4n) is 4.90. The van der Waals surface area contributed by atoms with E-state index < -0.39 is 0 Å². The molecule has 0 aliphatic heterocycles. The van der Waals surface area contributed by atoms with Gasteiger partial charge in [0.05, 0.1) is 0 Å². The van der Waals surface area contributed by atoms with Crippen molar-refractivity contribution < 1.29 is 0 Å². The van der Waals surface area contributed by atoms with E-state index in [-0.39, 0.29) is 5.92 Å². The molecule has 3 heteroatoms. The number of benzene rings is 3. The van der Waals surface area contributed by atoms with Crippen LogP contribution in [0.25, 0.3) is 22.0 Å². The molecule has 1 N–H and O–H groups in total. The Morgan fingerprint density at radius 1 is 0.759 bits per heavy atom. The normalized spacial score (nSPS) is 14.7. The minimum atomic E-state index is 0.228. The second-order valence-electron chi connectivity index (χ2n) is 8.44. The van der Waals surface area contributed by atoms with E-state index in [0.29, 0.717) is 0 Å². The van der Waals surface area contributed by atoms with Crippen molar-refractivity contribution in [3.05, 3.63) is 83.0 Å². The van der Waals surface area contributed by atoms with Crippen LogP contribution in [0.15, 0.2) is 60.7 Å². The van der Waals surface area contributed by atoms with E-state index in [2.05, 4.69) is 111 Å². The molecule has 3 nitrogen and oxygen atoms in total. The summed E-state index contributed by atoms with van der Waals surface area (Å²) in [5, 5.41) is 1.32. The number of nitrogens with zero attached hydrogens (tertiary/aromatic N) is 2. The molecule has 3 aromatic carbocycles. The molecule has 0 saturated carbocycles. The van der Waals surface area contributed by atoms with E-state index >= 15 is 0 Å². The van der Waals surface area contributed by atoms with Crippen LogP contribution >= 0.6 is 0 Å². The summed E-state index contributed by atoms with van der Waals surface area (Å²) in [5.74, 6) is 0.228. The molecule has 0 bridgehead atoms. The van der Waals surface area contributed by atoms with E-state index in [9.17, 15) is 0 Å². The van der Waals surface area contributed by atoms with Crippen LogP contribution in [0.2, 0.25) is 0 Å². The number of anilines is 2. The van der Waals surface area contributed by atoms with Crippen LogP contribution in [-0.2, 0) is 0 Å². The summed E-state index contributed by atoms with van der Waals surface area (Å²) in [6.07, 6.45) is 0. The zero-order valence-corrected chi connectivity index (χ0v) is 17.7. The second kappa shape index (κ2) is 6.41. The summed E-state index contributed by atoms with van der Waals surface area (Å²) in [4.78, 5) is 8.08. The van der Waals surface area contributed by atoms with Crippen LogP contribution in [0, 0.1) is 6.92 Å². The van der Waals surface area contributed by atoms with Crippen molar-refractivity contribution in [2.24, 2.45) is 0 Å². The first kappa shape index (κ1) is 17.9. The monoisotopic (exact) mass is 381 g/mol. The minimum Gasteiger partial charge on any atom is -0.378 e. The van der Waals surface area contributed by atoms with Crippen LogP contribution in [0.5, 0.6) is 0 Å². The molecule has 0 fully saturated rings. The van der Waals surface area contributed by atoms with Gasteiger partial charge in [-0.15, -0.1) is 0 Å². The number of hydrogen-bond acceptors (Lipinski definition) is 2. The highest BCUT2D eigenvalue weighted by molar-refractivity contribution is 5.93. The molecule has 1 aliphatic rings. The maximum Gasteiger partial charge on any atom is 0.0459 e. The summed E-state index contributed by atoms with van der Waals surface area (Å²) in [6, 6.07) is 22.2. The summed E-state index contributed by atoms with van der Waals surface area (Å²) >= 11 is 0. The van der Waals surface area contributed by atoms with Crippen molar-refractivity contribution in [1.29, 1.82) is 0 Å². The van der Waals surface area contributed by atoms with Gasteiger partial charge in [0.25, 0.3) is 0 Å². The first-order chi connectivity index (χ1) is 14.0. The van der Waals surface area contributed by atoms with E-state index in [0.717, 1.165) is 0 Å². The summed E-state index contributed by atoms with van der Waals surface area (Å²) in [6.45, 7) is 2.21. The molecule has 0 spiro atoms. The number of aryl methyl sites for hydroxylation is 1. The maximum atomic E-state index is 3.62. The quantitative estimate of drug-likeness (QED) is 0.429. The molecule has 0 amide bonds. The zero-order valence-electron chi connectivity index (χ0n) is 17.7. The Labute approximate surface area is 172 Å². The molecule has 0 saturated heterocycles. The van der Waals surface area contributed by atoms with Crippen LogP contribution in [0.1, 0.15) is 28.3 Å². The highest BCUT2D eigenvalue weighted by Crippen LogP contribution is 2.54. The molecule has 1 heterocycles. The molecule has 146 valence electrons. The Hall–Kier alpha value is -3.20. The van der Waals surface area contributed by atoms with Gasteiger partial charge in [-0.3, -0.25) is 0 Å². The molecule has 1 atom stereocenters. The van der Waals surface area contributed by atoms with Crippen molar-refractivity contribution in [3.8, 4) is 11.1 Å². The molecule has 0 radical (unpaired) electrons. The Kier molecular flexibility index (Phi) is 3.95. The Balaban J connectivity index is 1.89. The Bertz CT molecular complexity index is 1230. The highest BCUT2D eigenvalue weighted by Gasteiger charge is 2.35. The Morgan fingerprint density at radius 2 is 1.48 bits per heavy atom. The third-order valence-corrected chi connectivity index (χ3v) is 6.22. The number of hydrogen-bond donors (Lipinski definition) is 1. The standard InChI is InChI=1S/C26H27N3/c1-16-24(20-12-8-9-13-22(20)27-16)26-19-11-7-6-10-18(19)21-14-17(28(2)3)15-23(25(21)26)29(4)5/h6-15,26-27H,1-5H3. The van der Waals surface area contributed by atoms with Gasteiger partial charge in [0.1, 0.15) is 0 Å². The SMILES string of the molecule is Cc1[nH]c2ccccc2c1C1c2ccccc2-c2cc(N(C)C)cc(N(C)C)c21. The van der Waals surface area contributed by atoms with Crippen molar-refractivity contribution in [2.45, 2.75) is 12.8 Å².